The number of allylic oxidation sites excluding steroid dienone is 1. The fraction of sp³-hybridized carbons (Fsp3) is 0.929. The molecule has 35 heavy (non-hydrogen) atoms. The number of hydrogen-bond donors (Lipinski definition) is 2. The van der Waals surface area contributed by atoms with E-state index in [1.807, 2.05) is 13.8 Å². The maximum Gasteiger partial charge on any atom is 0.146 e. The average Bonchev–Trinajstić information content (AvgIpc) is 3.10. The Labute approximate surface area is 225 Å². The second kappa shape index (κ2) is 11.5. The Kier molecular flexibility index (Phi) is 9.83. The molecule has 3 saturated carbocycles. The Bertz CT molecular complexity index is 741. The second-order valence-corrected chi connectivity index (χ2v) is 14.1. The number of hydroxylamine groups is 1. The van der Waals surface area contributed by atoms with Gasteiger partial charge >= 0.3 is 0 Å². The summed E-state index contributed by atoms with van der Waals surface area (Å²) in [5.74, 6) is 4.07. The van der Waals surface area contributed by atoms with Gasteiger partial charge in [-0.2, -0.15) is 13.5 Å². The number of rotatable bonds is 9. The summed E-state index contributed by atoms with van der Waals surface area (Å²) in [5.41, 5.74) is 1.85. The first kappa shape index (κ1) is 29.8. The second-order valence-electron chi connectivity index (χ2n) is 13.2. The molecule has 0 aliphatic heterocycles. The lowest BCUT2D eigenvalue weighted by atomic mass is 9.47. The molecule has 0 aromatic heterocycles. The summed E-state index contributed by atoms with van der Waals surface area (Å²) in [6.45, 7) is 11.5. The van der Waals surface area contributed by atoms with Crippen LogP contribution >= 0.6 is 25.7 Å². The van der Waals surface area contributed by atoms with Gasteiger partial charge in [0.2, 0.25) is 0 Å². The van der Waals surface area contributed by atoms with Gasteiger partial charge in [-0.25, -0.2) is 4.89 Å². The fourth-order valence-electron chi connectivity index (χ4n) is 8.86. The molecular weight excluding hydrogens is 478 g/mol. The third-order valence-electron chi connectivity index (χ3n) is 10.6. The van der Waals surface area contributed by atoms with Crippen LogP contribution in [0.25, 0.3) is 0 Å². The van der Waals surface area contributed by atoms with Gasteiger partial charge in [-0.05, 0) is 112 Å². The monoisotopic (exact) mass is 529 g/mol. The zero-order chi connectivity index (χ0) is 24.7. The van der Waals surface area contributed by atoms with Crippen molar-refractivity contribution in [1.82, 2.24) is 4.47 Å². The van der Waals surface area contributed by atoms with Crippen LogP contribution in [-0.4, -0.2) is 33.5 Å². The van der Waals surface area contributed by atoms with Gasteiger partial charge in [0.05, 0.1) is 11.7 Å². The highest BCUT2D eigenvalue weighted by atomic mass is 32.2. The molecule has 0 spiro atoms. The van der Waals surface area contributed by atoms with E-state index >= 15 is 0 Å². The lowest BCUT2D eigenvalue weighted by Gasteiger charge is -2.58. The SMILES string of the molecule is C[C@H](CCCC(C)(C)O)C1CCC2C3CC=C4CC(OOSN(C)O)CCC4(C)C3CCC21C.S. The Balaban J connectivity index is 0.00000342. The van der Waals surface area contributed by atoms with Crippen LogP contribution in [0.2, 0.25) is 0 Å². The average molecular weight is 530 g/mol. The van der Waals surface area contributed by atoms with Gasteiger partial charge in [-0.3, -0.25) is 0 Å². The van der Waals surface area contributed by atoms with E-state index in [0.717, 1.165) is 72.0 Å². The summed E-state index contributed by atoms with van der Waals surface area (Å²) in [5, 5.41) is 19.4. The maximum absolute atomic E-state index is 10.1. The van der Waals surface area contributed by atoms with E-state index in [9.17, 15) is 10.3 Å². The zero-order valence-corrected chi connectivity index (χ0v) is 24.7. The first-order valence-corrected chi connectivity index (χ1v) is 14.5. The molecule has 3 fully saturated rings. The minimum Gasteiger partial charge on any atom is -0.390 e. The van der Waals surface area contributed by atoms with E-state index in [-0.39, 0.29) is 19.6 Å². The van der Waals surface area contributed by atoms with Gasteiger partial charge in [0.25, 0.3) is 0 Å². The van der Waals surface area contributed by atoms with Gasteiger partial charge in [-0.1, -0.05) is 45.3 Å². The Morgan fingerprint density at radius 2 is 1.91 bits per heavy atom. The number of aliphatic hydroxyl groups is 1. The zero-order valence-electron chi connectivity index (χ0n) is 22.9. The van der Waals surface area contributed by atoms with Crippen molar-refractivity contribution in [2.75, 3.05) is 7.05 Å². The van der Waals surface area contributed by atoms with Crippen molar-refractivity contribution < 1.29 is 19.5 Å². The molecule has 4 aliphatic rings. The molecule has 0 aromatic rings. The van der Waals surface area contributed by atoms with Crippen molar-refractivity contribution in [1.29, 1.82) is 0 Å². The molecule has 0 aromatic carbocycles. The fourth-order valence-corrected chi connectivity index (χ4v) is 9.09. The predicted octanol–water partition coefficient (Wildman–Crippen LogP) is 7.46. The van der Waals surface area contributed by atoms with Crippen molar-refractivity contribution in [3.8, 4) is 0 Å². The van der Waals surface area contributed by atoms with Crippen LogP contribution in [0.1, 0.15) is 105 Å². The molecule has 0 saturated heterocycles. The van der Waals surface area contributed by atoms with E-state index in [1.54, 1.807) is 5.57 Å². The van der Waals surface area contributed by atoms with Crippen LogP contribution in [0.15, 0.2) is 11.6 Å². The molecule has 204 valence electrons. The minimum absolute atomic E-state index is 0. The topological polar surface area (TPSA) is 62.2 Å². The standard InChI is InChI=1S/C28H49NO4S.H2S/c1-19(8-7-15-26(2,3)30)23-11-12-24-22-10-9-20-18-21(32-33-34-29(6)31)13-16-27(20,4)25(22)14-17-28(23,24)5;/h9,19,21-25,30-31H,7-8,10-18H2,1-6H3;1H2/t19-,21?,22?,23?,24?,25?,27?,28?;/m1./s1. The summed E-state index contributed by atoms with van der Waals surface area (Å²) in [4.78, 5) is 5.61. The largest absolute Gasteiger partial charge is 0.390 e. The van der Waals surface area contributed by atoms with Crippen molar-refractivity contribution in [2.45, 2.75) is 117 Å². The van der Waals surface area contributed by atoms with Crippen LogP contribution in [0.3, 0.4) is 0 Å². The molecule has 2 N–H and O–H groups in total. The predicted molar refractivity (Wildman–Crippen MR) is 148 cm³/mol. The third kappa shape index (κ3) is 6.29. The normalized spacial score (nSPS) is 39.8. The molecule has 0 bridgehead atoms. The molecule has 7 unspecified atom stereocenters. The number of hydrogen-bond acceptors (Lipinski definition) is 6. The van der Waals surface area contributed by atoms with Crippen molar-refractivity contribution >= 4 is 25.7 Å². The summed E-state index contributed by atoms with van der Waals surface area (Å²) in [6.07, 6.45) is 15.9. The Hall–Kier alpha value is 0.240. The highest BCUT2D eigenvalue weighted by Crippen LogP contribution is 2.67. The lowest BCUT2D eigenvalue weighted by Crippen LogP contribution is -2.51. The van der Waals surface area contributed by atoms with Gasteiger partial charge in [-0.15, -0.1) is 8.80 Å². The summed E-state index contributed by atoms with van der Waals surface area (Å²) in [7, 11) is 1.52. The molecule has 8 atom stereocenters. The molecule has 4 aliphatic carbocycles. The number of nitrogens with zero attached hydrogens (tertiary/aromatic N) is 1. The first-order valence-electron chi connectivity index (χ1n) is 13.8. The van der Waals surface area contributed by atoms with Gasteiger partial charge in [0.15, 0.2) is 0 Å². The van der Waals surface area contributed by atoms with E-state index in [2.05, 4.69) is 26.8 Å². The van der Waals surface area contributed by atoms with E-state index in [1.165, 1.54) is 52.0 Å². The molecular formula is C28H51NO4S2. The first-order chi connectivity index (χ1) is 15.9. The molecule has 7 heteroatoms. The highest BCUT2D eigenvalue weighted by molar-refractivity contribution is 7.92. The molecule has 0 heterocycles. The third-order valence-corrected chi connectivity index (χ3v) is 10.9. The van der Waals surface area contributed by atoms with E-state index < -0.39 is 5.60 Å². The van der Waals surface area contributed by atoms with Crippen LogP contribution < -0.4 is 0 Å². The van der Waals surface area contributed by atoms with Crippen LogP contribution in [-0.2, 0) is 9.22 Å². The highest BCUT2D eigenvalue weighted by Gasteiger charge is 2.59. The van der Waals surface area contributed by atoms with E-state index in [4.69, 9.17) is 9.22 Å². The van der Waals surface area contributed by atoms with Crippen molar-refractivity contribution in [2.24, 2.45) is 40.4 Å². The number of fused-ring (bicyclic) bond motifs is 5. The summed E-state index contributed by atoms with van der Waals surface area (Å²) in [6, 6.07) is 0. The van der Waals surface area contributed by atoms with Crippen LogP contribution in [0.4, 0.5) is 0 Å². The van der Waals surface area contributed by atoms with Crippen LogP contribution in [0.5, 0.6) is 0 Å². The molecule has 5 nitrogen and oxygen atoms in total. The quantitative estimate of drug-likeness (QED) is 0.106. The summed E-state index contributed by atoms with van der Waals surface area (Å²) >= 11 is 0.825. The summed E-state index contributed by atoms with van der Waals surface area (Å²) < 4.78 is 6.07. The minimum atomic E-state index is -0.536. The van der Waals surface area contributed by atoms with Gasteiger partial charge in [0.1, 0.15) is 12.2 Å². The maximum atomic E-state index is 10.1. The van der Waals surface area contributed by atoms with Gasteiger partial charge in [0, 0.05) is 7.05 Å². The van der Waals surface area contributed by atoms with Crippen molar-refractivity contribution in [3.63, 3.8) is 0 Å². The van der Waals surface area contributed by atoms with E-state index in [0.29, 0.717) is 10.8 Å². The molecule has 4 rings (SSSR count). The lowest BCUT2D eigenvalue weighted by molar-refractivity contribution is -0.245. The Morgan fingerprint density at radius 1 is 1.17 bits per heavy atom. The smallest absolute Gasteiger partial charge is 0.146 e. The van der Waals surface area contributed by atoms with Crippen LogP contribution in [0, 0.1) is 40.4 Å². The van der Waals surface area contributed by atoms with Gasteiger partial charge < -0.3 is 10.3 Å². The molecule has 0 radical (unpaired) electrons. The Morgan fingerprint density at radius 3 is 2.60 bits per heavy atom. The molecule has 0 amide bonds. The van der Waals surface area contributed by atoms with Crippen molar-refractivity contribution in [3.05, 3.63) is 11.6 Å².